The second kappa shape index (κ2) is 7.59. The Kier molecular flexibility index (Phi) is 5.27. The van der Waals surface area contributed by atoms with Crippen molar-refractivity contribution >= 4 is 38.9 Å². The van der Waals surface area contributed by atoms with E-state index >= 15 is 0 Å². The number of ether oxygens (including phenoxy) is 1. The van der Waals surface area contributed by atoms with Gasteiger partial charge in [0, 0.05) is 10.2 Å². The lowest BCUT2D eigenvalue weighted by Gasteiger charge is -2.04. The molecule has 0 fully saturated rings. The summed E-state index contributed by atoms with van der Waals surface area (Å²) < 4.78 is 6.65. The first-order valence-corrected chi connectivity index (χ1v) is 8.94. The van der Waals surface area contributed by atoms with Crippen molar-refractivity contribution in [2.45, 2.75) is 13.5 Å². The zero-order chi connectivity index (χ0) is 16.9. The molecule has 3 aromatic rings. The van der Waals surface area contributed by atoms with Crippen molar-refractivity contribution in [2.24, 2.45) is 0 Å². The van der Waals surface area contributed by atoms with Crippen molar-refractivity contribution < 1.29 is 9.53 Å². The van der Waals surface area contributed by atoms with Crippen LogP contribution in [0.2, 0.25) is 0 Å². The molecular formula is C18H15BrN2O2S. The quantitative estimate of drug-likeness (QED) is 0.649. The van der Waals surface area contributed by atoms with Crippen molar-refractivity contribution in [3.63, 3.8) is 0 Å². The highest BCUT2D eigenvalue weighted by Gasteiger charge is 2.15. The largest absolute Gasteiger partial charge is 0.486 e. The van der Waals surface area contributed by atoms with Gasteiger partial charge in [-0.3, -0.25) is 4.79 Å². The van der Waals surface area contributed by atoms with E-state index in [-0.39, 0.29) is 5.91 Å². The van der Waals surface area contributed by atoms with Crippen LogP contribution in [0.25, 0.3) is 0 Å². The molecule has 0 aliphatic rings. The maximum atomic E-state index is 12.4. The number of anilines is 1. The first-order valence-electron chi connectivity index (χ1n) is 7.33. The normalized spacial score (nSPS) is 10.4. The minimum Gasteiger partial charge on any atom is -0.486 e. The van der Waals surface area contributed by atoms with Crippen LogP contribution in [0, 0.1) is 6.92 Å². The molecule has 4 nitrogen and oxygen atoms in total. The number of amides is 1. The molecule has 0 saturated heterocycles. The summed E-state index contributed by atoms with van der Waals surface area (Å²) in [4.78, 5) is 17.4. The lowest BCUT2D eigenvalue weighted by Crippen LogP contribution is -2.11. The smallest absolute Gasteiger partial charge is 0.267 e. The molecule has 1 amide bonds. The molecule has 0 spiro atoms. The van der Waals surface area contributed by atoms with E-state index in [4.69, 9.17) is 4.74 Å². The van der Waals surface area contributed by atoms with Crippen LogP contribution in [0.15, 0.2) is 59.1 Å². The molecule has 2 aromatic carbocycles. The Morgan fingerprint density at radius 2 is 1.88 bits per heavy atom. The molecule has 0 aliphatic carbocycles. The van der Waals surface area contributed by atoms with Crippen molar-refractivity contribution in [3.8, 4) is 5.75 Å². The fraction of sp³-hybridized carbons (Fsp3) is 0.111. The molecule has 1 aromatic heterocycles. The van der Waals surface area contributed by atoms with Gasteiger partial charge in [-0.15, -0.1) is 11.3 Å². The second-order valence-electron chi connectivity index (χ2n) is 5.08. The monoisotopic (exact) mass is 402 g/mol. The zero-order valence-corrected chi connectivity index (χ0v) is 15.4. The summed E-state index contributed by atoms with van der Waals surface area (Å²) in [6.45, 7) is 2.18. The van der Waals surface area contributed by atoms with E-state index in [2.05, 4.69) is 26.2 Å². The maximum Gasteiger partial charge on any atom is 0.267 e. The Labute approximate surface area is 152 Å². The third kappa shape index (κ3) is 4.21. The number of aryl methyl sites for hydroxylation is 1. The summed E-state index contributed by atoms with van der Waals surface area (Å²) in [7, 11) is 0. The lowest BCUT2D eigenvalue weighted by molar-refractivity contribution is 0.103. The highest BCUT2D eigenvalue weighted by atomic mass is 79.9. The van der Waals surface area contributed by atoms with Gasteiger partial charge in [0.15, 0.2) is 0 Å². The van der Waals surface area contributed by atoms with Gasteiger partial charge in [-0.25, -0.2) is 4.98 Å². The van der Waals surface area contributed by atoms with Crippen molar-refractivity contribution in [1.82, 2.24) is 4.98 Å². The standard InChI is InChI=1S/C18H15BrN2O2S/c1-12-17(18(22)21-14-9-7-13(19)8-10-14)24-16(20-12)11-23-15-5-3-2-4-6-15/h2-10H,11H2,1H3,(H,21,22). The summed E-state index contributed by atoms with van der Waals surface area (Å²) in [6.07, 6.45) is 0. The Hall–Kier alpha value is -2.18. The zero-order valence-electron chi connectivity index (χ0n) is 13.0. The summed E-state index contributed by atoms with van der Waals surface area (Å²) >= 11 is 4.73. The average Bonchev–Trinajstić information content (AvgIpc) is 2.97. The fourth-order valence-corrected chi connectivity index (χ4v) is 3.25. The van der Waals surface area contributed by atoms with E-state index in [0.29, 0.717) is 17.2 Å². The van der Waals surface area contributed by atoms with Gasteiger partial charge in [0.2, 0.25) is 0 Å². The SMILES string of the molecule is Cc1nc(COc2ccccc2)sc1C(=O)Nc1ccc(Br)cc1. The van der Waals surface area contributed by atoms with Gasteiger partial charge >= 0.3 is 0 Å². The number of benzene rings is 2. The number of nitrogens with one attached hydrogen (secondary N) is 1. The van der Waals surface area contributed by atoms with Gasteiger partial charge in [0.05, 0.1) is 5.69 Å². The summed E-state index contributed by atoms with van der Waals surface area (Å²) in [5.41, 5.74) is 1.46. The molecule has 0 atom stereocenters. The van der Waals surface area contributed by atoms with Gasteiger partial charge in [0.25, 0.3) is 5.91 Å². The number of nitrogens with zero attached hydrogens (tertiary/aromatic N) is 1. The fourth-order valence-electron chi connectivity index (χ4n) is 2.11. The van der Waals surface area contributed by atoms with E-state index in [9.17, 15) is 4.79 Å². The van der Waals surface area contributed by atoms with Crippen LogP contribution in [-0.2, 0) is 6.61 Å². The molecular weight excluding hydrogens is 388 g/mol. The average molecular weight is 403 g/mol. The first-order chi connectivity index (χ1) is 11.6. The van der Waals surface area contributed by atoms with Crippen LogP contribution in [0.5, 0.6) is 5.75 Å². The Morgan fingerprint density at radius 3 is 2.58 bits per heavy atom. The number of rotatable bonds is 5. The van der Waals surface area contributed by atoms with Crippen LogP contribution in [-0.4, -0.2) is 10.9 Å². The molecule has 0 aliphatic heterocycles. The molecule has 1 heterocycles. The number of aromatic nitrogens is 1. The van der Waals surface area contributed by atoms with E-state index in [1.807, 2.05) is 61.5 Å². The van der Waals surface area contributed by atoms with Crippen LogP contribution in [0.1, 0.15) is 20.4 Å². The van der Waals surface area contributed by atoms with Gasteiger partial charge in [-0.1, -0.05) is 34.1 Å². The minimum atomic E-state index is -0.154. The highest BCUT2D eigenvalue weighted by Crippen LogP contribution is 2.22. The van der Waals surface area contributed by atoms with Crippen LogP contribution in [0.4, 0.5) is 5.69 Å². The molecule has 3 rings (SSSR count). The number of para-hydroxylation sites is 1. The Bertz CT molecular complexity index is 832. The summed E-state index contributed by atoms with van der Waals surface area (Å²) in [5, 5.41) is 3.66. The predicted octanol–water partition coefficient (Wildman–Crippen LogP) is 5.05. The van der Waals surface area contributed by atoms with E-state index in [1.54, 1.807) is 0 Å². The second-order valence-corrected chi connectivity index (χ2v) is 7.08. The van der Waals surface area contributed by atoms with Gasteiger partial charge < -0.3 is 10.1 Å². The Balaban J connectivity index is 1.66. The number of carbonyl (C=O) groups excluding carboxylic acids is 1. The topological polar surface area (TPSA) is 51.2 Å². The number of carbonyl (C=O) groups is 1. The van der Waals surface area contributed by atoms with Crippen molar-refractivity contribution in [2.75, 3.05) is 5.32 Å². The molecule has 122 valence electrons. The van der Waals surface area contributed by atoms with E-state index < -0.39 is 0 Å². The predicted molar refractivity (Wildman–Crippen MR) is 99.7 cm³/mol. The van der Waals surface area contributed by atoms with E-state index in [1.165, 1.54) is 11.3 Å². The van der Waals surface area contributed by atoms with Crippen LogP contribution < -0.4 is 10.1 Å². The highest BCUT2D eigenvalue weighted by molar-refractivity contribution is 9.10. The number of thiazole rings is 1. The third-order valence-electron chi connectivity index (χ3n) is 3.25. The Morgan fingerprint density at radius 1 is 1.17 bits per heavy atom. The number of hydrogen-bond donors (Lipinski definition) is 1. The van der Waals surface area contributed by atoms with Gasteiger partial charge in [0.1, 0.15) is 22.2 Å². The minimum absolute atomic E-state index is 0.154. The summed E-state index contributed by atoms with van der Waals surface area (Å²) in [5.74, 6) is 0.629. The molecule has 24 heavy (non-hydrogen) atoms. The van der Waals surface area contributed by atoms with Gasteiger partial charge in [-0.05, 0) is 43.3 Å². The van der Waals surface area contributed by atoms with Crippen molar-refractivity contribution in [1.29, 1.82) is 0 Å². The van der Waals surface area contributed by atoms with Crippen LogP contribution in [0.3, 0.4) is 0 Å². The summed E-state index contributed by atoms with van der Waals surface area (Å²) in [6, 6.07) is 17.0. The molecule has 0 bridgehead atoms. The lowest BCUT2D eigenvalue weighted by atomic mass is 10.3. The number of halogens is 1. The van der Waals surface area contributed by atoms with E-state index in [0.717, 1.165) is 20.9 Å². The first kappa shape index (κ1) is 16.7. The molecule has 0 radical (unpaired) electrons. The number of hydrogen-bond acceptors (Lipinski definition) is 4. The van der Waals surface area contributed by atoms with Crippen LogP contribution >= 0.6 is 27.3 Å². The molecule has 1 N–H and O–H groups in total. The molecule has 0 saturated carbocycles. The third-order valence-corrected chi connectivity index (χ3v) is 4.91. The molecule has 6 heteroatoms. The van der Waals surface area contributed by atoms with Crippen molar-refractivity contribution in [3.05, 3.63) is 74.6 Å². The maximum absolute atomic E-state index is 12.4. The van der Waals surface area contributed by atoms with Gasteiger partial charge in [-0.2, -0.15) is 0 Å². The molecule has 0 unspecified atom stereocenters.